The van der Waals surface area contributed by atoms with Crippen LogP contribution in [0.3, 0.4) is 0 Å². The zero-order valence-corrected chi connectivity index (χ0v) is 19.9. The molecule has 1 N–H and O–H groups in total. The Balaban J connectivity index is 2.50. The van der Waals surface area contributed by atoms with Crippen LogP contribution < -0.4 is 0 Å². The second-order valence-corrected chi connectivity index (χ2v) is 8.75. The van der Waals surface area contributed by atoms with Gasteiger partial charge < -0.3 is 14.6 Å². The maximum Gasteiger partial charge on any atom is 0.303 e. The number of aliphatic hydroxyl groups excluding tert-OH is 1. The van der Waals surface area contributed by atoms with Gasteiger partial charge in [0, 0.05) is 26.4 Å². The molecule has 0 bridgehead atoms. The SMILES string of the molecule is CCCCCCCCC(/C=C/C=C/C1CCC1C(CCCCO)OC(C)=O)OC(C)=O. The summed E-state index contributed by atoms with van der Waals surface area (Å²) >= 11 is 0. The summed E-state index contributed by atoms with van der Waals surface area (Å²) in [4.78, 5) is 22.9. The van der Waals surface area contributed by atoms with Crippen molar-refractivity contribution >= 4 is 11.9 Å². The van der Waals surface area contributed by atoms with E-state index in [1.807, 2.05) is 18.2 Å². The lowest BCUT2D eigenvalue weighted by atomic mass is 9.69. The third kappa shape index (κ3) is 12.7. The van der Waals surface area contributed by atoms with Gasteiger partial charge >= 0.3 is 11.9 Å². The molecule has 1 aliphatic rings. The summed E-state index contributed by atoms with van der Waals surface area (Å²) < 4.78 is 11.0. The van der Waals surface area contributed by atoms with E-state index in [2.05, 4.69) is 13.0 Å². The minimum atomic E-state index is -0.240. The molecule has 1 aliphatic carbocycles. The molecule has 0 heterocycles. The Morgan fingerprint density at radius 3 is 2.19 bits per heavy atom. The van der Waals surface area contributed by atoms with Crippen LogP contribution in [-0.4, -0.2) is 35.9 Å². The minimum Gasteiger partial charge on any atom is -0.462 e. The number of hydrogen-bond donors (Lipinski definition) is 1. The Morgan fingerprint density at radius 1 is 0.903 bits per heavy atom. The van der Waals surface area contributed by atoms with Crippen molar-refractivity contribution in [2.75, 3.05) is 6.61 Å². The summed E-state index contributed by atoms with van der Waals surface area (Å²) in [6.07, 6.45) is 20.7. The van der Waals surface area contributed by atoms with Crippen LogP contribution in [0.1, 0.15) is 97.8 Å². The smallest absolute Gasteiger partial charge is 0.303 e. The lowest BCUT2D eigenvalue weighted by Gasteiger charge is -2.39. The monoisotopic (exact) mass is 436 g/mol. The molecule has 0 aliphatic heterocycles. The lowest BCUT2D eigenvalue weighted by molar-refractivity contribution is -0.153. The fourth-order valence-corrected chi connectivity index (χ4v) is 4.21. The predicted octanol–water partition coefficient (Wildman–Crippen LogP) is 5.90. The van der Waals surface area contributed by atoms with Crippen molar-refractivity contribution in [1.29, 1.82) is 0 Å². The number of rotatable bonds is 17. The van der Waals surface area contributed by atoms with Crippen LogP contribution in [0.4, 0.5) is 0 Å². The number of unbranched alkanes of at least 4 members (excludes halogenated alkanes) is 6. The molecule has 5 heteroatoms. The summed E-state index contributed by atoms with van der Waals surface area (Å²) in [6, 6.07) is 0. The molecule has 1 rings (SSSR count). The Kier molecular flexibility index (Phi) is 15.0. The van der Waals surface area contributed by atoms with Crippen molar-refractivity contribution in [3.63, 3.8) is 0 Å². The quantitative estimate of drug-likeness (QED) is 0.174. The van der Waals surface area contributed by atoms with E-state index in [-0.39, 0.29) is 30.8 Å². The van der Waals surface area contributed by atoms with E-state index in [9.17, 15) is 9.59 Å². The van der Waals surface area contributed by atoms with Gasteiger partial charge in [0.05, 0.1) is 0 Å². The van der Waals surface area contributed by atoms with Gasteiger partial charge in [0.15, 0.2) is 0 Å². The molecular formula is C26H44O5. The van der Waals surface area contributed by atoms with Crippen LogP contribution in [0.25, 0.3) is 0 Å². The molecule has 5 nitrogen and oxygen atoms in total. The zero-order valence-electron chi connectivity index (χ0n) is 19.9. The lowest BCUT2D eigenvalue weighted by Crippen LogP contribution is -2.37. The van der Waals surface area contributed by atoms with Gasteiger partial charge in [-0.05, 0) is 56.9 Å². The highest BCUT2D eigenvalue weighted by Crippen LogP contribution is 2.40. The van der Waals surface area contributed by atoms with E-state index >= 15 is 0 Å². The first-order valence-electron chi connectivity index (χ1n) is 12.3. The third-order valence-electron chi connectivity index (χ3n) is 6.03. The zero-order chi connectivity index (χ0) is 22.9. The van der Waals surface area contributed by atoms with Crippen LogP contribution in [0.2, 0.25) is 0 Å². The number of esters is 2. The number of allylic oxidation sites excluding steroid dienone is 3. The Hall–Kier alpha value is -1.62. The third-order valence-corrected chi connectivity index (χ3v) is 6.03. The predicted molar refractivity (Wildman–Crippen MR) is 125 cm³/mol. The second-order valence-electron chi connectivity index (χ2n) is 8.75. The highest BCUT2D eigenvalue weighted by Gasteiger charge is 2.36. The summed E-state index contributed by atoms with van der Waals surface area (Å²) in [5.74, 6) is 0.270. The Bertz CT molecular complexity index is 554. The largest absolute Gasteiger partial charge is 0.462 e. The normalized spacial score (nSPS) is 20.5. The molecule has 0 aromatic rings. The van der Waals surface area contributed by atoms with Crippen molar-refractivity contribution in [2.45, 2.75) is 110 Å². The molecule has 0 aromatic carbocycles. The minimum absolute atomic E-state index is 0.0714. The van der Waals surface area contributed by atoms with Gasteiger partial charge in [-0.1, -0.05) is 57.3 Å². The molecule has 1 saturated carbocycles. The fourth-order valence-electron chi connectivity index (χ4n) is 4.21. The molecular weight excluding hydrogens is 392 g/mol. The standard InChI is InChI=1S/C26H44O5/c1-4-5-6-7-8-9-15-24(30-21(2)28)16-11-10-14-23-18-19-25(23)26(31-22(3)29)17-12-13-20-27/h10-11,14,16,23-27H,4-9,12-13,15,17-20H2,1-3H3/b14-10+,16-11+. The molecule has 4 unspecified atom stereocenters. The van der Waals surface area contributed by atoms with E-state index in [1.54, 1.807) is 0 Å². The van der Waals surface area contributed by atoms with E-state index < -0.39 is 0 Å². The molecule has 0 radical (unpaired) electrons. The molecule has 1 fully saturated rings. The number of hydrogen-bond acceptors (Lipinski definition) is 5. The van der Waals surface area contributed by atoms with Gasteiger partial charge in [0.2, 0.25) is 0 Å². The first-order valence-corrected chi connectivity index (χ1v) is 12.3. The van der Waals surface area contributed by atoms with Gasteiger partial charge in [-0.2, -0.15) is 0 Å². The van der Waals surface area contributed by atoms with Crippen LogP contribution in [-0.2, 0) is 19.1 Å². The van der Waals surface area contributed by atoms with E-state index in [0.29, 0.717) is 11.8 Å². The highest BCUT2D eigenvalue weighted by atomic mass is 16.5. The Morgan fingerprint density at radius 2 is 1.58 bits per heavy atom. The molecule has 178 valence electrons. The van der Waals surface area contributed by atoms with Crippen molar-refractivity contribution in [3.05, 3.63) is 24.3 Å². The molecule has 0 aromatic heterocycles. The van der Waals surface area contributed by atoms with Gasteiger partial charge in [-0.25, -0.2) is 0 Å². The average molecular weight is 437 g/mol. The maximum absolute atomic E-state index is 11.5. The van der Waals surface area contributed by atoms with Crippen LogP contribution >= 0.6 is 0 Å². The van der Waals surface area contributed by atoms with Gasteiger partial charge in [-0.15, -0.1) is 0 Å². The van der Waals surface area contributed by atoms with Crippen LogP contribution in [0.5, 0.6) is 0 Å². The summed E-state index contributed by atoms with van der Waals surface area (Å²) in [5, 5.41) is 9.01. The van der Waals surface area contributed by atoms with Gasteiger partial charge in [0.25, 0.3) is 0 Å². The number of carbonyl (C=O) groups excluding carboxylic acids is 2. The first kappa shape index (κ1) is 27.4. The van der Waals surface area contributed by atoms with Crippen molar-refractivity contribution in [2.24, 2.45) is 11.8 Å². The van der Waals surface area contributed by atoms with E-state index in [4.69, 9.17) is 14.6 Å². The van der Waals surface area contributed by atoms with Crippen LogP contribution in [0, 0.1) is 11.8 Å². The van der Waals surface area contributed by atoms with Crippen molar-refractivity contribution in [1.82, 2.24) is 0 Å². The Labute approximate surface area is 189 Å². The first-order chi connectivity index (χ1) is 15.0. The van der Waals surface area contributed by atoms with Crippen molar-refractivity contribution in [3.8, 4) is 0 Å². The molecule has 0 amide bonds. The number of aliphatic hydroxyl groups is 1. The second kappa shape index (κ2) is 17.0. The van der Waals surface area contributed by atoms with Gasteiger partial charge in [0.1, 0.15) is 12.2 Å². The summed E-state index contributed by atoms with van der Waals surface area (Å²) in [5.41, 5.74) is 0. The maximum atomic E-state index is 11.5. The van der Waals surface area contributed by atoms with E-state index in [1.165, 1.54) is 46.0 Å². The number of carbonyl (C=O) groups is 2. The average Bonchev–Trinajstić information content (AvgIpc) is 2.68. The molecule has 31 heavy (non-hydrogen) atoms. The molecule has 0 spiro atoms. The van der Waals surface area contributed by atoms with E-state index in [0.717, 1.165) is 44.9 Å². The fraction of sp³-hybridized carbons (Fsp3) is 0.769. The summed E-state index contributed by atoms with van der Waals surface area (Å²) in [7, 11) is 0. The topological polar surface area (TPSA) is 72.8 Å². The molecule has 4 atom stereocenters. The van der Waals surface area contributed by atoms with Crippen LogP contribution in [0.15, 0.2) is 24.3 Å². The molecule has 0 saturated heterocycles. The highest BCUT2D eigenvalue weighted by molar-refractivity contribution is 5.66. The summed E-state index contributed by atoms with van der Waals surface area (Å²) in [6.45, 7) is 5.32. The number of ether oxygens (including phenoxy) is 2. The van der Waals surface area contributed by atoms with Gasteiger partial charge in [-0.3, -0.25) is 9.59 Å². The van der Waals surface area contributed by atoms with Crippen molar-refractivity contribution < 1.29 is 24.2 Å².